The molecule has 12 unspecified atom stereocenters. The van der Waals surface area contributed by atoms with Crippen molar-refractivity contribution < 1.29 is 64.6 Å². The van der Waals surface area contributed by atoms with Gasteiger partial charge in [0.05, 0.1) is 32.0 Å². The maximum Gasteiger partial charge on any atom is 0.220 e. The molecule has 14 heteroatoms. The zero-order valence-corrected chi connectivity index (χ0v) is 50.4. The number of unbranched alkanes of at least 4 members (excludes halogenated alkanes) is 37. The normalized spacial score (nSPS) is 24.5. The van der Waals surface area contributed by atoms with Gasteiger partial charge in [-0.15, -0.1) is 0 Å². The van der Waals surface area contributed by atoms with E-state index in [2.05, 4.69) is 43.5 Å². The SMILES string of the molecule is CCCCCCC/C=C\C/C=C\CCCCCCCCCCCCCCCCCCCCCCCCCC(=O)NC(COC1OC(CO)C(OC2OC(CO)C(O)C(O)C2O)C(O)C1O)C(O)CCCCCCCCCCCC. The predicted octanol–water partition coefficient (Wildman–Crippen LogP) is 12.4. The number of aliphatic hydroxyl groups excluding tert-OH is 8. The molecule has 0 aromatic carbocycles. The lowest BCUT2D eigenvalue weighted by Gasteiger charge is -2.46. The van der Waals surface area contributed by atoms with Crippen LogP contribution in [0.4, 0.5) is 0 Å². The Bertz CT molecular complexity index is 1420. The summed E-state index contributed by atoms with van der Waals surface area (Å²) in [5.74, 6) is -0.203. The number of hydrogen-bond acceptors (Lipinski definition) is 13. The van der Waals surface area contributed by atoms with Crippen molar-refractivity contribution in [3.63, 3.8) is 0 Å². The van der Waals surface area contributed by atoms with Gasteiger partial charge in [-0.05, 0) is 44.9 Å². The zero-order valence-electron chi connectivity index (χ0n) is 50.4. The lowest BCUT2D eigenvalue weighted by Crippen LogP contribution is -2.65. The van der Waals surface area contributed by atoms with E-state index in [-0.39, 0.29) is 12.5 Å². The van der Waals surface area contributed by atoms with Crippen LogP contribution in [0.1, 0.15) is 290 Å². The third-order valence-electron chi connectivity index (χ3n) is 16.4. The van der Waals surface area contributed by atoms with E-state index in [1.165, 1.54) is 205 Å². The summed E-state index contributed by atoms with van der Waals surface area (Å²) >= 11 is 0. The fraction of sp³-hybridized carbons (Fsp3) is 0.923. The molecule has 9 N–H and O–H groups in total. The molecule has 0 spiro atoms. The van der Waals surface area contributed by atoms with E-state index < -0.39 is 86.8 Å². The van der Waals surface area contributed by atoms with Gasteiger partial charge in [0.15, 0.2) is 12.6 Å². The molecule has 12 atom stereocenters. The summed E-state index contributed by atoms with van der Waals surface area (Å²) in [6, 6.07) is -0.824. The van der Waals surface area contributed by atoms with Crippen LogP contribution in [0.2, 0.25) is 0 Å². The van der Waals surface area contributed by atoms with E-state index in [1.807, 2.05) is 0 Å². The molecule has 2 aliphatic heterocycles. The summed E-state index contributed by atoms with van der Waals surface area (Å²) in [7, 11) is 0. The molecule has 0 saturated carbocycles. The molecule has 466 valence electrons. The van der Waals surface area contributed by atoms with Crippen molar-refractivity contribution >= 4 is 5.91 Å². The van der Waals surface area contributed by atoms with Crippen molar-refractivity contribution in [2.24, 2.45) is 0 Å². The molecule has 2 aliphatic rings. The number of allylic oxidation sites excluding steroid dienone is 4. The summed E-state index contributed by atoms with van der Waals surface area (Å²) in [5.41, 5.74) is 0. The molecule has 2 fully saturated rings. The van der Waals surface area contributed by atoms with Gasteiger partial charge >= 0.3 is 0 Å². The van der Waals surface area contributed by atoms with Crippen molar-refractivity contribution in [3.8, 4) is 0 Å². The standard InChI is InChI=1S/C65H123NO13/c1-3-5-7-9-11-13-15-16-17-18-19-20-21-22-23-24-25-26-27-28-29-30-31-32-33-34-35-36-37-38-39-41-43-45-47-49-57(70)66-53(54(69)48-46-44-42-40-14-12-10-8-6-4-2)52-76-64-62(75)60(73)63(56(51-68)78-64)79-65-61(74)59(72)58(71)55(50-67)77-65/h15-16,18-19,53-56,58-65,67-69,71-75H,3-14,17,20-52H2,1-2H3,(H,66,70)/b16-15-,19-18-. The second-order valence-electron chi connectivity index (χ2n) is 23.6. The minimum Gasteiger partial charge on any atom is -0.394 e. The van der Waals surface area contributed by atoms with Crippen molar-refractivity contribution in [2.45, 2.75) is 364 Å². The van der Waals surface area contributed by atoms with Gasteiger partial charge in [-0.1, -0.05) is 263 Å². The molecule has 0 aromatic rings. The Hall–Kier alpha value is -1.53. The Labute approximate surface area is 481 Å². The number of carbonyl (C=O) groups is 1. The first-order chi connectivity index (χ1) is 38.6. The third-order valence-corrected chi connectivity index (χ3v) is 16.4. The van der Waals surface area contributed by atoms with Gasteiger partial charge in [0.1, 0.15) is 48.8 Å². The van der Waals surface area contributed by atoms with Gasteiger partial charge in [-0.2, -0.15) is 0 Å². The van der Waals surface area contributed by atoms with Crippen molar-refractivity contribution in [1.29, 1.82) is 0 Å². The molecule has 0 bridgehead atoms. The smallest absolute Gasteiger partial charge is 0.220 e. The zero-order chi connectivity index (χ0) is 57.4. The van der Waals surface area contributed by atoms with E-state index in [1.54, 1.807) is 0 Å². The number of rotatable bonds is 54. The number of ether oxygens (including phenoxy) is 4. The fourth-order valence-electron chi connectivity index (χ4n) is 11.1. The van der Waals surface area contributed by atoms with Gasteiger partial charge in [0.2, 0.25) is 5.91 Å². The minimum atomic E-state index is -1.78. The lowest BCUT2D eigenvalue weighted by atomic mass is 9.97. The summed E-state index contributed by atoms with van der Waals surface area (Å²) in [5, 5.41) is 87.1. The van der Waals surface area contributed by atoms with Crippen LogP contribution in [0.15, 0.2) is 24.3 Å². The Balaban J connectivity index is 1.55. The van der Waals surface area contributed by atoms with Crippen molar-refractivity contribution in [3.05, 3.63) is 24.3 Å². The van der Waals surface area contributed by atoms with Gasteiger partial charge < -0.3 is 65.1 Å². The molecule has 14 nitrogen and oxygen atoms in total. The Morgan fingerprint density at radius 1 is 0.456 bits per heavy atom. The van der Waals surface area contributed by atoms with Crippen LogP contribution in [0.25, 0.3) is 0 Å². The summed E-state index contributed by atoms with van der Waals surface area (Å²) in [6.07, 6.45) is 45.1. The maximum atomic E-state index is 13.3. The second-order valence-corrected chi connectivity index (χ2v) is 23.6. The second kappa shape index (κ2) is 50.9. The summed E-state index contributed by atoms with van der Waals surface area (Å²) in [4.78, 5) is 13.3. The fourth-order valence-corrected chi connectivity index (χ4v) is 11.1. The number of hydrogen-bond donors (Lipinski definition) is 9. The molecular formula is C65H123NO13. The highest BCUT2D eigenvalue weighted by Crippen LogP contribution is 2.30. The lowest BCUT2D eigenvalue weighted by molar-refractivity contribution is -0.359. The quantitative estimate of drug-likeness (QED) is 0.0204. The molecule has 2 heterocycles. The molecule has 2 saturated heterocycles. The molecular weight excluding hydrogens is 1000 g/mol. The minimum absolute atomic E-state index is 0.203. The molecule has 2 rings (SSSR count). The number of aliphatic hydroxyl groups is 8. The Morgan fingerprint density at radius 2 is 0.835 bits per heavy atom. The topological polar surface area (TPSA) is 228 Å². The molecule has 0 aliphatic carbocycles. The molecule has 1 amide bonds. The van der Waals surface area contributed by atoms with E-state index in [0.29, 0.717) is 12.8 Å². The highest BCUT2D eigenvalue weighted by molar-refractivity contribution is 5.76. The van der Waals surface area contributed by atoms with E-state index in [4.69, 9.17) is 18.9 Å². The summed E-state index contributed by atoms with van der Waals surface area (Å²) in [6.45, 7) is 2.85. The van der Waals surface area contributed by atoms with Gasteiger partial charge in [-0.25, -0.2) is 0 Å². The number of amides is 1. The largest absolute Gasteiger partial charge is 0.394 e. The van der Waals surface area contributed by atoms with Crippen LogP contribution < -0.4 is 5.32 Å². The predicted molar refractivity (Wildman–Crippen MR) is 318 cm³/mol. The van der Waals surface area contributed by atoms with Crippen LogP contribution in [0, 0.1) is 0 Å². The van der Waals surface area contributed by atoms with Crippen LogP contribution in [0.5, 0.6) is 0 Å². The van der Waals surface area contributed by atoms with Crippen LogP contribution in [-0.2, 0) is 23.7 Å². The maximum absolute atomic E-state index is 13.3. The van der Waals surface area contributed by atoms with Crippen LogP contribution >= 0.6 is 0 Å². The van der Waals surface area contributed by atoms with Gasteiger partial charge in [-0.3, -0.25) is 4.79 Å². The average Bonchev–Trinajstić information content (AvgIpc) is 3.47. The van der Waals surface area contributed by atoms with Crippen LogP contribution in [-0.4, -0.2) is 140 Å². The van der Waals surface area contributed by atoms with Gasteiger partial charge in [0, 0.05) is 6.42 Å². The Morgan fingerprint density at radius 3 is 1.27 bits per heavy atom. The van der Waals surface area contributed by atoms with E-state index in [0.717, 1.165) is 57.8 Å². The molecule has 79 heavy (non-hydrogen) atoms. The van der Waals surface area contributed by atoms with Gasteiger partial charge in [0.25, 0.3) is 0 Å². The highest BCUT2D eigenvalue weighted by Gasteiger charge is 2.51. The van der Waals surface area contributed by atoms with Crippen LogP contribution in [0.3, 0.4) is 0 Å². The summed E-state index contributed by atoms with van der Waals surface area (Å²) < 4.78 is 22.8. The highest BCUT2D eigenvalue weighted by atomic mass is 16.7. The van der Waals surface area contributed by atoms with E-state index >= 15 is 0 Å². The first kappa shape index (κ1) is 73.6. The monoisotopic (exact) mass is 1130 g/mol. The van der Waals surface area contributed by atoms with Crippen molar-refractivity contribution in [1.82, 2.24) is 5.32 Å². The average molecular weight is 1130 g/mol. The molecule has 0 aromatic heterocycles. The third kappa shape index (κ3) is 36.0. The van der Waals surface area contributed by atoms with Crippen molar-refractivity contribution in [2.75, 3.05) is 19.8 Å². The first-order valence-electron chi connectivity index (χ1n) is 33.1. The van der Waals surface area contributed by atoms with E-state index in [9.17, 15) is 45.6 Å². The first-order valence-corrected chi connectivity index (χ1v) is 33.1. The number of nitrogens with one attached hydrogen (secondary N) is 1. The molecule has 0 radical (unpaired) electrons. The number of carbonyl (C=O) groups excluding carboxylic acids is 1. The Kier molecular flexibility index (Phi) is 47.4.